The lowest BCUT2D eigenvalue weighted by Gasteiger charge is -2.48. The van der Waals surface area contributed by atoms with Crippen LogP contribution in [-0.2, 0) is 20.3 Å². The maximum Gasteiger partial charge on any atom is 0.261 e. The number of rotatable bonds is 12. The van der Waals surface area contributed by atoms with E-state index >= 15 is 0 Å². The highest BCUT2D eigenvalue weighted by atomic mass is 28.4. The third-order valence-corrected chi connectivity index (χ3v) is 15.8. The van der Waals surface area contributed by atoms with Crippen LogP contribution in [-0.4, -0.2) is 66.1 Å². The molecule has 2 fully saturated rings. The molecule has 0 radical (unpaired) electrons. The second-order valence-electron chi connectivity index (χ2n) is 14.6. The summed E-state index contributed by atoms with van der Waals surface area (Å²) in [5.74, 6) is 2.09. The SMILES string of the molecule is COc1cc2c(cc1OC)[C@H]1C[C@@H](OC3CCCCO3)[C@H](CCCCO[Si](c3ccccc3)(c3ccccc3)C(C)(C)C)CN1CC2. The van der Waals surface area contributed by atoms with Crippen LogP contribution in [0.4, 0.5) is 0 Å². The number of piperidine rings is 1. The van der Waals surface area contributed by atoms with Gasteiger partial charge in [-0.3, -0.25) is 4.90 Å². The number of nitrogens with zero attached hydrogens (tertiary/aromatic N) is 1. The zero-order valence-corrected chi connectivity index (χ0v) is 30.2. The molecule has 0 N–H and O–H groups in total. The Kier molecular flexibility index (Phi) is 11.1. The molecule has 0 saturated carbocycles. The van der Waals surface area contributed by atoms with E-state index in [1.807, 2.05) is 0 Å². The third kappa shape index (κ3) is 7.35. The van der Waals surface area contributed by atoms with Crippen molar-refractivity contribution in [3.63, 3.8) is 0 Å². The molecule has 6 nitrogen and oxygen atoms in total. The van der Waals surface area contributed by atoms with Gasteiger partial charge in [0.05, 0.1) is 20.3 Å². The highest BCUT2D eigenvalue weighted by molar-refractivity contribution is 6.99. The highest BCUT2D eigenvalue weighted by Crippen LogP contribution is 2.45. The Morgan fingerprint density at radius 3 is 2.17 bits per heavy atom. The van der Waals surface area contributed by atoms with E-state index in [-0.39, 0.29) is 17.4 Å². The predicted octanol–water partition coefficient (Wildman–Crippen LogP) is 7.28. The van der Waals surface area contributed by atoms with Gasteiger partial charge >= 0.3 is 0 Å². The largest absolute Gasteiger partial charge is 0.493 e. The number of benzene rings is 3. The van der Waals surface area contributed by atoms with Gasteiger partial charge in [0.15, 0.2) is 17.8 Å². The zero-order valence-electron chi connectivity index (χ0n) is 29.2. The first-order chi connectivity index (χ1) is 22.8. The summed E-state index contributed by atoms with van der Waals surface area (Å²) in [6, 6.07) is 26.7. The van der Waals surface area contributed by atoms with Gasteiger partial charge in [-0.2, -0.15) is 0 Å². The molecule has 3 aliphatic rings. The van der Waals surface area contributed by atoms with E-state index in [0.717, 1.165) is 82.7 Å². The molecule has 3 aliphatic heterocycles. The van der Waals surface area contributed by atoms with Crippen molar-refractivity contribution in [2.45, 2.75) is 95.6 Å². The topological polar surface area (TPSA) is 49.4 Å². The van der Waals surface area contributed by atoms with Crippen LogP contribution < -0.4 is 19.8 Å². The van der Waals surface area contributed by atoms with E-state index in [9.17, 15) is 0 Å². The Balaban J connectivity index is 1.16. The van der Waals surface area contributed by atoms with E-state index < -0.39 is 8.32 Å². The van der Waals surface area contributed by atoms with Crippen LogP contribution in [0.1, 0.15) is 82.9 Å². The van der Waals surface area contributed by atoms with E-state index in [1.54, 1.807) is 14.2 Å². The summed E-state index contributed by atoms with van der Waals surface area (Å²) in [6.45, 7) is 10.7. The normalized spacial score (nSPS) is 23.5. The predicted molar refractivity (Wildman–Crippen MR) is 192 cm³/mol. The van der Waals surface area contributed by atoms with Crippen LogP contribution in [0.3, 0.4) is 0 Å². The standard InChI is InChI=1S/C40H55NO5Si/c1-40(2,3)47(32-17-8-6-9-18-32,33-19-10-7-11-20-33)45-25-15-12-16-31-29-41-23-22-30-26-37(42-4)38(43-5)27-34(30)35(41)28-36(31)46-39-21-13-14-24-44-39/h6-11,17-20,26-27,31,35-36,39H,12-16,21-25,28-29H2,1-5H3/t31-,35-,36-,39?/m1/s1. The maximum atomic E-state index is 7.22. The van der Waals surface area contributed by atoms with E-state index in [0.29, 0.717) is 12.0 Å². The van der Waals surface area contributed by atoms with Crippen molar-refractivity contribution in [2.24, 2.45) is 5.92 Å². The van der Waals surface area contributed by atoms with Gasteiger partial charge in [0, 0.05) is 32.3 Å². The Morgan fingerprint density at radius 2 is 1.55 bits per heavy atom. The average molecular weight is 658 g/mol. The molecule has 1 unspecified atom stereocenters. The molecule has 0 spiro atoms. The van der Waals surface area contributed by atoms with Gasteiger partial charge in [0.1, 0.15) is 0 Å². The van der Waals surface area contributed by atoms with Gasteiger partial charge in [-0.25, -0.2) is 0 Å². The molecule has 3 heterocycles. The molecular weight excluding hydrogens is 603 g/mol. The lowest BCUT2D eigenvalue weighted by molar-refractivity contribution is -0.212. The summed E-state index contributed by atoms with van der Waals surface area (Å²) in [6.07, 6.45) is 8.67. The number of methoxy groups -OCH3 is 2. The van der Waals surface area contributed by atoms with E-state index in [1.165, 1.54) is 27.9 Å². The first kappa shape index (κ1) is 34.2. The summed E-state index contributed by atoms with van der Waals surface area (Å²) >= 11 is 0. The minimum atomic E-state index is -2.52. The molecule has 254 valence electrons. The van der Waals surface area contributed by atoms with Gasteiger partial charge in [0.2, 0.25) is 0 Å². The molecule has 2 saturated heterocycles. The molecule has 0 aliphatic carbocycles. The Bertz CT molecular complexity index is 1380. The molecule has 4 atom stereocenters. The van der Waals surface area contributed by atoms with Crippen molar-refractivity contribution in [1.29, 1.82) is 0 Å². The number of hydrogen-bond acceptors (Lipinski definition) is 6. The van der Waals surface area contributed by atoms with Crippen molar-refractivity contribution in [3.8, 4) is 11.5 Å². The summed E-state index contributed by atoms with van der Waals surface area (Å²) in [5.41, 5.74) is 2.74. The fourth-order valence-electron chi connectivity index (χ4n) is 8.36. The molecule has 47 heavy (non-hydrogen) atoms. The molecule has 0 amide bonds. The third-order valence-electron chi connectivity index (χ3n) is 10.7. The van der Waals surface area contributed by atoms with Gasteiger partial charge < -0.3 is 23.4 Å². The minimum absolute atomic E-state index is 0.00965. The summed E-state index contributed by atoms with van der Waals surface area (Å²) in [7, 11) is 0.926. The highest BCUT2D eigenvalue weighted by Gasteiger charge is 2.50. The van der Waals surface area contributed by atoms with Crippen molar-refractivity contribution in [1.82, 2.24) is 4.90 Å². The molecule has 6 rings (SSSR count). The Hall–Kier alpha value is -2.68. The lowest BCUT2D eigenvalue weighted by atomic mass is 9.80. The number of hydrogen-bond donors (Lipinski definition) is 0. The quantitative estimate of drug-likeness (QED) is 0.151. The second kappa shape index (κ2) is 15.3. The van der Waals surface area contributed by atoms with E-state index in [2.05, 4.69) is 98.5 Å². The maximum absolute atomic E-state index is 7.22. The Morgan fingerprint density at radius 1 is 0.872 bits per heavy atom. The van der Waals surface area contributed by atoms with Gasteiger partial charge in [-0.05, 0) is 89.5 Å². The van der Waals surface area contributed by atoms with Crippen LogP contribution in [0.25, 0.3) is 0 Å². The van der Waals surface area contributed by atoms with Crippen molar-refractivity contribution in [3.05, 3.63) is 83.9 Å². The van der Waals surface area contributed by atoms with Crippen LogP contribution in [0, 0.1) is 5.92 Å². The second-order valence-corrected chi connectivity index (χ2v) is 18.9. The van der Waals surface area contributed by atoms with Gasteiger partial charge in [-0.1, -0.05) is 87.9 Å². The molecule has 7 heteroatoms. The number of fused-ring (bicyclic) bond motifs is 3. The van der Waals surface area contributed by atoms with Crippen molar-refractivity contribution < 1.29 is 23.4 Å². The first-order valence-electron chi connectivity index (χ1n) is 17.8. The summed E-state index contributed by atoms with van der Waals surface area (Å²) < 4.78 is 31.6. The lowest BCUT2D eigenvalue weighted by Crippen LogP contribution is -2.66. The monoisotopic (exact) mass is 657 g/mol. The molecule has 0 bridgehead atoms. The van der Waals surface area contributed by atoms with Crippen LogP contribution in [0.2, 0.25) is 5.04 Å². The number of unbranched alkanes of at least 4 members (excludes halogenated alkanes) is 1. The zero-order chi connectivity index (χ0) is 32.9. The van der Waals surface area contributed by atoms with Crippen molar-refractivity contribution >= 4 is 18.7 Å². The summed E-state index contributed by atoms with van der Waals surface area (Å²) in [4.78, 5) is 2.69. The molecule has 0 aromatic heterocycles. The smallest absolute Gasteiger partial charge is 0.261 e. The fourth-order valence-corrected chi connectivity index (χ4v) is 13.0. The minimum Gasteiger partial charge on any atom is -0.493 e. The summed E-state index contributed by atoms with van der Waals surface area (Å²) in [5, 5.41) is 2.68. The van der Waals surface area contributed by atoms with Crippen LogP contribution in [0.5, 0.6) is 11.5 Å². The van der Waals surface area contributed by atoms with Gasteiger partial charge in [0.25, 0.3) is 8.32 Å². The van der Waals surface area contributed by atoms with E-state index in [4.69, 9.17) is 23.4 Å². The molecule has 3 aromatic carbocycles. The molecule has 3 aromatic rings. The van der Waals surface area contributed by atoms with Crippen molar-refractivity contribution in [2.75, 3.05) is 40.5 Å². The Labute approximate surface area is 283 Å². The van der Waals surface area contributed by atoms with Crippen LogP contribution in [0.15, 0.2) is 72.8 Å². The average Bonchev–Trinajstić information content (AvgIpc) is 3.10. The van der Waals surface area contributed by atoms with Crippen LogP contribution >= 0.6 is 0 Å². The fraction of sp³-hybridized carbons (Fsp3) is 0.550. The molecular formula is C40H55NO5Si. The number of ether oxygens (including phenoxy) is 4. The first-order valence-corrected chi connectivity index (χ1v) is 19.8. The van der Waals surface area contributed by atoms with Gasteiger partial charge in [-0.15, -0.1) is 0 Å².